The number of aryl methyl sites for hydroxylation is 2. The maximum Gasteiger partial charge on any atom is 0.228 e. The molecule has 0 spiro atoms. The Hall–Kier alpha value is -2.55. The number of fused-ring (bicyclic) bond motifs is 1. The minimum atomic E-state index is 0.0220. The maximum atomic E-state index is 12.4. The quantitative estimate of drug-likeness (QED) is 0.743. The van der Waals surface area contributed by atoms with E-state index in [1.165, 1.54) is 0 Å². The number of hydrogen-bond acceptors (Lipinski definition) is 1. The molecule has 0 fully saturated rings. The molecule has 0 atom stereocenters. The summed E-state index contributed by atoms with van der Waals surface area (Å²) in [6, 6.07) is 16.1. The Morgan fingerprint density at radius 1 is 1.09 bits per heavy atom. The van der Waals surface area contributed by atoms with Gasteiger partial charge in [0.2, 0.25) is 5.91 Å². The molecular formula is C19H20N2O. The molecule has 112 valence electrons. The predicted molar refractivity (Wildman–Crippen MR) is 91.2 cm³/mol. The molecule has 0 saturated carbocycles. The van der Waals surface area contributed by atoms with Gasteiger partial charge in [-0.3, -0.25) is 4.79 Å². The molecule has 0 radical (unpaired) electrons. The lowest BCUT2D eigenvalue weighted by atomic mass is 10.1. The van der Waals surface area contributed by atoms with Gasteiger partial charge in [-0.1, -0.05) is 43.3 Å². The zero-order chi connectivity index (χ0) is 15.5. The van der Waals surface area contributed by atoms with Crippen molar-refractivity contribution in [1.82, 2.24) is 4.98 Å². The number of hydrogen-bond donors (Lipinski definition) is 2. The standard InChI is InChI=1S/C19H20N2O/c1-3-14-8-4-6-10-17(14)21-19(22)12-16-13(2)20-18-11-7-5-9-15(16)18/h4-11,20H,3,12H2,1-2H3,(H,21,22). The van der Waals surface area contributed by atoms with E-state index in [1.807, 2.05) is 49.4 Å². The number of para-hydroxylation sites is 2. The van der Waals surface area contributed by atoms with E-state index in [0.717, 1.165) is 39.8 Å². The molecule has 2 N–H and O–H groups in total. The van der Waals surface area contributed by atoms with Gasteiger partial charge in [0, 0.05) is 22.3 Å². The lowest BCUT2D eigenvalue weighted by Gasteiger charge is -2.09. The number of rotatable bonds is 4. The zero-order valence-electron chi connectivity index (χ0n) is 12.9. The van der Waals surface area contributed by atoms with E-state index in [-0.39, 0.29) is 5.91 Å². The fourth-order valence-electron chi connectivity index (χ4n) is 2.87. The average Bonchev–Trinajstić information content (AvgIpc) is 2.84. The van der Waals surface area contributed by atoms with Crippen molar-refractivity contribution in [2.24, 2.45) is 0 Å². The Bertz CT molecular complexity index is 817. The molecule has 0 aliphatic carbocycles. The second-order valence-electron chi connectivity index (χ2n) is 5.51. The largest absolute Gasteiger partial charge is 0.358 e. The van der Waals surface area contributed by atoms with Crippen LogP contribution in [0, 0.1) is 6.92 Å². The van der Waals surface area contributed by atoms with Crippen LogP contribution in [0.3, 0.4) is 0 Å². The Kier molecular flexibility index (Phi) is 3.96. The number of benzene rings is 2. The number of nitrogens with one attached hydrogen (secondary N) is 2. The minimum absolute atomic E-state index is 0.0220. The third-order valence-corrected chi connectivity index (χ3v) is 4.04. The molecule has 3 heteroatoms. The monoisotopic (exact) mass is 292 g/mol. The van der Waals surface area contributed by atoms with Crippen molar-refractivity contribution in [3.8, 4) is 0 Å². The smallest absolute Gasteiger partial charge is 0.228 e. The maximum absolute atomic E-state index is 12.4. The van der Waals surface area contributed by atoms with Gasteiger partial charge in [-0.05, 0) is 36.6 Å². The fourth-order valence-corrected chi connectivity index (χ4v) is 2.87. The van der Waals surface area contributed by atoms with Crippen LogP contribution < -0.4 is 5.32 Å². The Balaban J connectivity index is 1.83. The van der Waals surface area contributed by atoms with Crippen LogP contribution in [0.5, 0.6) is 0 Å². The van der Waals surface area contributed by atoms with Crippen molar-refractivity contribution in [1.29, 1.82) is 0 Å². The molecule has 1 amide bonds. The van der Waals surface area contributed by atoms with Gasteiger partial charge in [-0.2, -0.15) is 0 Å². The van der Waals surface area contributed by atoms with Gasteiger partial charge < -0.3 is 10.3 Å². The summed E-state index contributed by atoms with van der Waals surface area (Å²) in [4.78, 5) is 15.8. The molecule has 3 rings (SSSR count). The SMILES string of the molecule is CCc1ccccc1NC(=O)Cc1c(C)[nH]c2ccccc12. The third kappa shape index (κ3) is 2.75. The molecule has 0 bridgehead atoms. The first kappa shape index (κ1) is 14.4. The summed E-state index contributed by atoms with van der Waals surface area (Å²) in [6.45, 7) is 4.11. The van der Waals surface area contributed by atoms with Crippen molar-refractivity contribution in [3.63, 3.8) is 0 Å². The Labute approximate surface area is 130 Å². The van der Waals surface area contributed by atoms with E-state index >= 15 is 0 Å². The first-order valence-corrected chi connectivity index (χ1v) is 7.63. The summed E-state index contributed by atoms with van der Waals surface area (Å²) >= 11 is 0. The highest BCUT2D eigenvalue weighted by molar-refractivity contribution is 5.96. The Morgan fingerprint density at radius 2 is 1.82 bits per heavy atom. The van der Waals surface area contributed by atoms with Crippen molar-refractivity contribution in [2.45, 2.75) is 26.7 Å². The molecule has 0 aliphatic heterocycles. The molecule has 0 aliphatic rings. The lowest BCUT2D eigenvalue weighted by molar-refractivity contribution is -0.115. The number of amides is 1. The summed E-state index contributed by atoms with van der Waals surface area (Å²) < 4.78 is 0. The molecule has 0 saturated heterocycles. The number of carbonyl (C=O) groups excluding carboxylic acids is 1. The summed E-state index contributed by atoms with van der Waals surface area (Å²) in [5, 5.41) is 4.16. The van der Waals surface area contributed by atoms with Crippen LogP contribution in [0.4, 0.5) is 5.69 Å². The number of carbonyl (C=O) groups is 1. The number of aromatic amines is 1. The van der Waals surface area contributed by atoms with Crippen LogP contribution in [-0.2, 0) is 17.6 Å². The van der Waals surface area contributed by atoms with Gasteiger partial charge in [0.15, 0.2) is 0 Å². The van der Waals surface area contributed by atoms with Crippen molar-refractivity contribution >= 4 is 22.5 Å². The van der Waals surface area contributed by atoms with Crippen LogP contribution in [0.1, 0.15) is 23.7 Å². The van der Waals surface area contributed by atoms with E-state index in [2.05, 4.69) is 23.3 Å². The summed E-state index contributed by atoms with van der Waals surface area (Å²) in [7, 11) is 0. The van der Waals surface area contributed by atoms with Crippen LogP contribution >= 0.6 is 0 Å². The topological polar surface area (TPSA) is 44.9 Å². The van der Waals surface area contributed by atoms with Crippen LogP contribution in [-0.4, -0.2) is 10.9 Å². The van der Waals surface area contributed by atoms with E-state index in [0.29, 0.717) is 6.42 Å². The molecule has 3 aromatic rings. The lowest BCUT2D eigenvalue weighted by Crippen LogP contribution is -2.15. The van der Waals surface area contributed by atoms with Crippen molar-refractivity contribution < 1.29 is 4.79 Å². The van der Waals surface area contributed by atoms with Crippen LogP contribution in [0.15, 0.2) is 48.5 Å². The average molecular weight is 292 g/mol. The van der Waals surface area contributed by atoms with Gasteiger partial charge in [0.1, 0.15) is 0 Å². The van der Waals surface area contributed by atoms with E-state index < -0.39 is 0 Å². The van der Waals surface area contributed by atoms with Crippen molar-refractivity contribution in [2.75, 3.05) is 5.32 Å². The fraction of sp³-hybridized carbons (Fsp3) is 0.211. The van der Waals surface area contributed by atoms with E-state index in [9.17, 15) is 4.79 Å². The normalized spacial score (nSPS) is 10.8. The van der Waals surface area contributed by atoms with Gasteiger partial charge >= 0.3 is 0 Å². The van der Waals surface area contributed by atoms with Crippen LogP contribution in [0.25, 0.3) is 10.9 Å². The molecule has 2 aromatic carbocycles. The summed E-state index contributed by atoms with van der Waals surface area (Å²) in [6.07, 6.45) is 1.29. The Morgan fingerprint density at radius 3 is 2.64 bits per heavy atom. The first-order valence-electron chi connectivity index (χ1n) is 7.63. The molecular weight excluding hydrogens is 272 g/mol. The highest BCUT2D eigenvalue weighted by Crippen LogP contribution is 2.23. The van der Waals surface area contributed by atoms with Gasteiger partial charge in [-0.15, -0.1) is 0 Å². The summed E-state index contributed by atoms with van der Waals surface area (Å²) in [5.74, 6) is 0.0220. The molecule has 22 heavy (non-hydrogen) atoms. The highest BCUT2D eigenvalue weighted by Gasteiger charge is 2.13. The number of anilines is 1. The molecule has 3 nitrogen and oxygen atoms in total. The predicted octanol–water partition coefficient (Wildman–Crippen LogP) is 4.22. The molecule has 1 heterocycles. The third-order valence-electron chi connectivity index (χ3n) is 4.04. The van der Waals surface area contributed by atoms with E-state index in [1.54, 1.807) is 0 Å². The first-order chi connectivity index (χ1) is 10.7. The van der Waals surface area contributed by atoms with Gasteiger partial charge in [-0.25, -0.2) is 0 Å². The molecule has 0 unspecified atom stereocenters. The van der Waals surface area contributed by atoms with Crippen molar-refractivity contribution in [3.05, 3.63) is 65.4 Å². The summed E-state index contributed by atoms with van der Waals surface area (Å²) in [5.41, 5.74) is 5.28. The van der Waals surface area contributed by atoms with Crippen LogP contribution in [0.2, 0.25) is 0 Å². The number of H-pyrrole nitrogens is 1. The minimum Gasteiger partial charge on any atom is -0.358 e. The second-order valence-corrected chi connectivity index (χ2v) is 5.51. The molecule has 1 aromatic heterocycles. The number of aromatic nitrogens is 1. The highest BCUT2D eigenvalue weighted by atomic mass is 16.1. The van der Waals surface area contributed by atoms with Gasteiger partial charge in [0.05, 0.1) is 6.42 Å². The van der Waals surface area contributed by atoms with Gasteiger partial charge in [0.25, 0.3) is 0 Å². The zero-order valence-corrected chi connectivity index (χ0v) is 12.9. The second kappa shape index (κ2) is 6.06. The van der Waals surface area contributed by atoms with E-state index in [4.69, 9.17) is 0 Å².